The van der Waals surface area contributed by atoms with E-state index in [2.05, 4.69) is 16.8 Å². The second kappa shape index (κ2) is 8.48. The van der Waals surface area contributed by atoms with Crippen molar-refractivity contribution in [2.75, 3.05) is 6.61 Å². The topological polar surface area (TPSA) is 39.2 Å². The van der Waals surface area contributed by atoms with Gasteiger partial charge < -0.3 is 4.74 Å². The summed E-state index contributed by atoms with van der Waals surface area (Å²) in [7, 11) is 0. The SMILES string of the molecule is O=C(Cc1csc(-c2ccccc2Cl)n1)OCC#Cc1ccccc1. The highest BCUT2D eigenvalue weighted by Gasteiger charge is 2.11. The van der Waals surface area contributed by atoms with Crippen molar-refractivity contribution in [3.8, 4) is 22.4 Å². The largest absolute Gasteiger partial charge is 0.452 e. The Labute approximate surface area is 155 Å². The minimum absolute atomic E-state index is 0.0647. The second-order valence-electron chi connectivity index (χ2n) is 5.13. The first-order valence-electron chi connectivity index (χ1n) is 7.61. The molecule has 1 heterocycles. The molecular formula is C20H14ClNO2S. The van der Waals surface area contributed by atoms with Crippen molar-refractivity contribution in [1.29, 1.82) is 0 Å². The van der Waals surface area contributed by atoms with Crippen LogP contribution in [-0.4, -0.2) is 17.6 Å². The van der Waals surface area contributed by atoms with E-state index in [-0.39, 0.29) is 19.0 Å². The van der Waals surface area contributed by atoms with Crippen LogP contribution in [-0.2, 0) is 16.0 Å². The second-order valence-corrected chi connectivity index (χ2v) is 6.39. The third-order valence-corrected chi connectivity index (χ3v) is 4.55. The van der Waals surface area contributed by atoms with Gasteiger partial charge in [-0.15, -0.1) is 11.3 Å². The lowest BCUT2D eigenvalue weighted by Gasteiger charge is -1.99. The van der Waals surface area contributed by atoms with Gasteiger partial charge in [0, 0.05) is 16.5 Å². The zero-order chi connectivity index (χ0) is 17.5. The predicted molar refractivity (Wildman–Crippen MR) is 101 cm³/mol. The Bertz CT molecular complexity index is 925. The Morgan fingerprint density at radius 2 is 1.88 bits per heavy atom. The highest BCUT2D eigenvalue weighted by molar-refractivity contribution is 7.13. The summed E-state index contributed by atoms with van der Waals surface area (Å²) in [5.74, 6) is 5.42. The zero-order valence-electron chi connectivity index (χ0n) is 13.2. The molecule has 25 heavy (non-hydrogen) atoms. The highest BCUT2D eigenvalue weighted by Crippen LogP contribution is 2.30. The number of halogens is 1. The summed E-state index contributed by atoms with van der Waals surface area (Å²) in [6, 6.07) is 17.1. The maximum atomic E-state index is 11.9. The lowest BCUT2D eigenvalue weighted by Crippen LogP contribution is -2.08. The maximum absolute atomic E-state index is 11.9. The van der Waals surface area contributed by atoms with Crippen molar-refractivity contribution < 1.29 is 9.53 Å². The summed E-state index contributed by atoms with van der Waals surface area (Å²) in [5, 5.41) is 3.27. The highest BCUT2D eigenvalue weighted by atomic mass is 35.5. The molecule has 0 radical (unpaired) electrons. The van der Waals surface area contributed by atoms with E-state index in [1.165, 1.54) is 11.3 Å². The monoisotopic (exact) mass is 367 g/mol. The minimum atomic E-state index is -0.349. The van der Waals surface area contributed by atoms with Gasteiger partial charge in [0.25, 0.3) is 0 Å². The Kier molecular flexibility index (Phi) is 5.84. The van der Waals surface area contributed by atoms with Gasteiger partial charge in [0.15, 0.2) is 6.61 Å². The molecule has 0 fully saturated rings. The van der Waals surface area contributed by atoms with Crippen LogP contribution in [0.4, 0.5) is 0 Å². The molecule has 2 aromatic carbocycles. The van der Waals surface area contributed by atoms with Crippen LogP contribution in [0.3, 0.4) is 0 Å². The van der Waals surface area contributed by atoms with Crippen LogP contribution >= 0.6 is 22.9 Å². The number of hydrogen-bond acceptors (Lipinski definition) is 4. The van der Waals surface area contributed by atoms with Gasteiger partial charge in [-0.1, -0.05) is 59.8 Å². The molecule has 0 N–H and O–H groups in total. The molecule has 0 amide bonds. The molecular weight excluding hydrogens is 354 g/mol. The molecule has 0 atom stereocenters. The standard InChI is InChI=1S/C20H14ClNO2S/c21-18-11-5-4-10-17(18)20-22-16(14-25-20)13-19(23)24-12-6-9-15-7-2-1-3-8-15/h1-5,7-8,10-11,14H,12-13H2. The molecule has 0 spiro atoms. The smallest absolute Gasteiger partial charge is 0.312 e. The lowest BCUT2D eigenvalue weighted by atomic mass is 10.2. The van der Waals surface area contributed by atoms with E-state index in [9.17, 15) is 4.79 Å². The van der Waals surface area contributed by atoms with Crippen molar-refractivity contribution >= 4 is 28.9 Å². The van der Waals surface area contributed by atoms with Crippen LogP contribution in [0, 0.1) is 11.8 Å². The van der Waals surface area contributed by atoms with Gasteiger partial charge in [0.05, 0.1) is 17.1 Å². The molecule has 5 heteroatoms. The lowest BCUT2D eigenvalue weighted by molar-refractivity contribution is -0.141. The third-order valence-electron chi connectivity index (χ3n) is 3.29. The average Bonchev–Trinajstić information content (AvgIpc) is 3.08. The van der Waals surface area contributed by atoms with Crippen LogP contribution in [0.5, 0.6) is 0 Å². The van der Waals surface area contributed by atoms with Crippen LogP contribution < -0.4 is 0 Å². The van der Waals surface area contributed by atoms with Crippen molar-refractivity contribution in [2.24, 2.45) is 0 Å². The fourth-order valence-electron chi connectivity index (χ4n) is 2.12. The fraction of sp³-hybridized carbons (Fsp3) is 0.100. The van der Waals surface area contributed by atoms with E-state index in [0.29, 0.717) is 10.7 Å². The molecule has 3 rings (SSSR count). The van der Waals surface area contributed by atoms with Crippen LogP contribution in [0.1, 0.15) is 11.3 Å². The van der Waals surface area contributed by atoms with Gasteiger partial charge in [-0.25, -0.2) is 4.98 Å². The zero-order valence-corrected chi connectivity index (χ0v) is 14.8. The third kappa shape index (κ3) is 4.93. The van der Waals surface area contributed by atoms with Crippen LogP contribution in [0.2, 0.25) is 5.02 Å². The molecule has 0 saturated heterocycles. The van der Waals surface area contributed by atoms with E-state index >= 15 is 0 Å². The first kappa shape index (κ1) is 17.2. The number of carbonyl (C=O) groups excluding carboxylic acids is 1. The number of rotatable bonds is 4. The Balaban J connectivity index is 1.54. The molecule has 1 aromatic heterocycles. The first-order valence-corrected chi connectivity index (χ1v) is 8.87. The Hall–Kier alpha value is -2.61. The number of benzene rings is 2. The van der Waals surface area contributed by atoms with Crippen LogP contribution in [0.25, 0.3) is 10.6 Å². The van der Waals surface area contributed by atoms with Gasteiger partial charge in [0.1, 0.15) is 5.01 Å². The van der Waals surface area contributed by atoms with Crippen LogP contribution in [0.15, 0.2) is 60.0 Å². The van der Waals surface area contributed by atoms with Gasteiger partial charge in [-0.3, -0.25) is 4.79 Å². The van der Waals surface area contributed by atoms with E-state index < -0.39 is 0 Å². The number of carbonyl (C=O) groups is 1. The van der Waals surface area contributed by atoms with Crippen molar-refractivity contribution in [3.05, 3.63) is 76.3 Å². The van der Waals surface area contributed by atoms with Crippen molar-refractivity contribution in [2.45, 2.75) is 6.42 Å². The molecule has 0 bridgehead atoms. The van der Waals surface area contributed by atoms with Gasteiger partial charge in [-0.2, -0.15) is 0 Å². The van der Waals surface area contributed by atoms with E-state index in [1.807, 2.05) is 60.0 Å². The van der Waals surface area contributed by atoms with Crippen molar-refractivity contribution in [3.63, 3.8) is 0 Å². The number of ether oxygens (including phenoxy) is 1. The first-order chi connectivity index (χ1) is 12.2. The predicted octanol–water partition coefficient (Wildman–Crippen LogP) is 4.60. The molecule has 124 valence electrons. The Morgan fingerprint density at radius 3 is 2.68 bits per heavy atom. The molecule has 3 aromatic rings. The number of esters is 1. The van der Waals surface area contributed by atoms with E-state index in [0.717, 1.165) is 16.1 Å². The van der Waals surface area contributed by atoms with Gasteiger partial charge >= 0.3 is 5.97 Å². The number of thiazole rings is 1. The summed E-state index contributed by atoms with van der Waals surface area (Å²) in [5.41, 5.74) is 2.42. The fourth-order valence-corrected chi connectivity index (χ4v) is 3.26. The number of aromatic nitrogens is 1. The minimum Gasteiger partial charge on any atom is -0.452 e. The molecule has 0 aliphatic rings. The van der Waals surface area contributed by atoms with E-state index in [1.54, 1.807) is 0 Å². The molecule has 0 aliphatic heterocycles. The summed E-state index contributed by atoms with van der Waals surface area (Å²) >= 11 is 7.62. The normalized spacial score (nSPS) is 9.96. The number of hydrogen-bond donors (Lipinski definition) is 0. The molecule has 3 nitrogen and oxygen atoms in total. The van der Waals surface area contributed by atoms with Gasteiger partial charge in [0.2, 0.25) is 0 Å². The van der Waals surface area contributed by atoms with Crippen molar-refractivity contribution in [1.82, 2.24) is 4.98 Å². The molecule has 0 unspecified atom stereocenters. The molecule has 0 aliphatic carbocycles. The quantitative estimate of drug-likeness (QED) is 0.499. The average molecular weight is 368 g/mol. The van der Waals surface area contributed by atoms with Gasteiger partial charge in [-0.05, 0) is 18.2 Å². The summed E-state index contributed by atoms with van der Waals surface area (Å²) in [6.45, 7) is 0.0647. The maximum Gasteiger partial charge on any atom is 0.312 e. The summed E-state index contributed by atoms with van der Waals surface area (Å²) in [6.07, 6.45) is 0.119. The summed E-state index contributed by atoms with van der Waals surface area (Å²) < 4.78 is 5.13. The van der Waals surface area contributed by atoms with E-state index in [4.69, 9.17) is 16.3 Å². The molecule has 0 saturated carbocycles. The Morgan fingerprint density at radius 1 is 1.12 bits per heavy atom. The number of nitrogens with zero attached hydrogens (tertiary/aromatic N) is 1. The summed E-state index contributed by atoms with van der Waals surface area (Å²) in [4.78, 5) is 16.3.